The molecule has 5 heteroatoms. The maximum absolute atomic E-state index is 12.9. The van der Waals surface area contributed by atoms with Crippen LogP contribution in [0.4, 0.5) is 9.39 Å². The number of thiophene rings is 1. The number of rotatable bonds is 3. The molecule has 1 unspecified atom stereocenters. The van der Waals surface area contributed by atoms with Crippen molar-refractivity contribution >= 4 is 28.3 Å². The molecule has 0 spiro atoms. The molecule has 1 amide bonds. The minimum absolute atomic E-state index is 0.232. The van der Waals surface area contributed by atoms with E-state index in [1.807, 2.05) is 0 Å². The summed E-state index contributed by atoms with van der Waals surface area (Å²) >= 11 is 1.52. The number of hydrogen-bond acceptors (Lipinski definition) is 3. The van der Waals surface area contributed by atoms with E-state index in [1.165, 1.54) is 34.4 Å². The lowest BCUT2D eigenvalue weighted by atomic mass is 9.72. The van der Waals surface area contributed by atoms with Crippen LogP contribution in [0.3, 0.4) is 0 Å². The summed E-state index contributed by atoms with van der Waals surface area (Å²) in [6.07, 6.45) is 5.95. The standard InChI is InChI=1S/C22H23FN2OS/c1-22(2,3)15-7-10-17-18(13-24)21(27-19(17)12-15)25-20(26)11-6-14-4-8-16(23)9-5-14/h4-6,8-9,11,15H,7,10,12H2,1-3H3,(H,25,26). The fourth-order valence-electron chi connectivity index (χ4n) is 3.43. The molecular formula is C22H23FN2OS. The number of halogens is 1. The number of nitriles is 1. The summed E-state index contributed by atoms with van der Waals surface area (Å²) in [6, 6.07) is 8.19. The van der Waals surface area contributed by atoms with Crippen molar-refractivity contribution in [3.63, 3.8) is 0 Å². The van der Waals surface area contributed by atoms with E-state index in [9.17, 15) is 14.4 Å². The Morgan fingerprint density at radius 2 is 2.04 bits per heavy atom. The van der Waals surface area contributed by atoms with E-state index in [-0.39, 0.29) is 17.1 Å². The normalized spacial score (nSPS) is 16.8. The van der Waals surface area contributed by atoms with Crippen LogP contribution in [0.25, 0.3) is 6.08 Å². The highest BCUT2D eigenvalue weighted by Crippen LogP contribution is 2.43. The Morgan fingerprint density at radius 3 is 2.67 bits per heavy atom. The Morgan fingerprint density at radius 1 is 1.33 bits per heavy atom. The summed E-state index contributed by atoms with van der Waals surface area (Å²) in [4.78, 5) is 13.5. The third-order valence-electron chi connectivity index (χ3n) is 5.14. The van der Waals surface area contributed by atoms with Crippen LogP contribution in [0.15, 0.2) is 30.3 Å². The van der Waals surface area contributed by atoms with Gasteiger partial charge in [0.15, 0.2) is 0 Å². The van der Waals surface area contributed by atoms with E-state index >= 15 is 0 Å². The number of amides is 1. The zero-order chi connectivity index (χ0) is 19.6. The number of carbonyl (C=O) groups is 1. The van der Waals surface area contributed by atoms with Crippen LogP contribution in [0.5, 0.6) is 0 Å². The lowest BCUT2D eigenvalue weighted by molar-refractivity contribution is -0.111. The van der Waals surface area contributed by atoms with Crippen molar-refractivity contribution in [3.8, 4) is 6.07 Å². The molecule has 2 aromatic rings. The number of anilines is 1. The number of nitrogens with zero attached hydrogens (tertiary/aromatic N) is 1. The van der Waals surface area contributed by atoms with Crippen molar-refractivity contribution in [1.82, 2.24) is 0 Å². The molecule has 27 heavy (non-hydrogen) atoms. The molecule has 3 rings (SSSR count). The molecule has 1 N–H and O–H groups in total. The van der Waals surface area contributed by atoms with E-state index < -0.39 is 0 Å². The molecular weight excluding hydrogens is 359 g/mol. The van der Waals surface area contributed by atoms with Gasteiger partial charge in [0.2, 0.25) is 5.91 Å². The lowest BCUT2D eigenvalue weighted by Crippen LogP contribution is -2.26. The molecule has 0 saturated carbocycles. The summed E-state index contributed by atoms with van der Waals surface area (Å²) < 4.78 is 12.9. The molecule has 0 radical (unpaired) electrons. The van der Waals surface area contributed by atoms with Gasteiger partial charge in [-0.2, -0.15) is 5.26 Å². The second-order valence-electron chi connectivity index (χ2n) is 8.00. The molecule has 1 aliphatic rings. The zero-order valence-corrected chi connectivity index (χ0v) is 16.6. The van der Waals surface area contributed by atoms with Crippen molar-refractivity contribution in [3.05, 3.63) is 57.7 Å². The van der Waals surface area contributed by atoms with Crippen LogP contribution in [0.2, 0.25) is 0 Å². The van der Waals surface area contributed by atoms with Gasteiger partial charge in [-0.1, -0.05) is 32.9 Å². The number of nitrogens with one attached hydrogen (secondary N) is 1. The minimum Gasteiger partial charge on any atom is -0.313 e. The van der Waals surface area contributed by atoms with E-state index in [2.05, 4.69) is 32.2 Å². The highest BCUT2D eigenvalue weighted by atomic mass is 32.1. The van der Waals surface area contributed by atoms with Gasteiger partial charge in [-0.15, -0.1) is 11.3 Å². The van der Waals surface area contributed by atoms with Crippen molar-refractivity contribution < 1.29 is 9.18 Å². The van der Waals surface area contributed by atoms with Gasteiger partial charge < -0.3 is 5.32 Å². The van der Waals surface area contributed by atoms with Crippen molar-refractivity contribution in [2.45, 2.75) is 40.0 Å². The lowest BCUT2D eigenvalue weighted by Gasteiger charge is -2.33. The molecule has 1 aromatic heterocycles. The summed E-state index contributed by atoms with van der Waals surface area (Å²) in [5.41, 5.74) is 2.67. The highest BCUT2D eigenvalue weighted by molar-refractivity contribution is 7.16. The van der Waals surface area contributed by atoms with Gasteiger partial charge in [-0.05, 0) is 59.9 Å². The number of hydrogen-bond donors (Lipinski definition) is 1. The Balaban J connectivity index is 1.76. The number of benzene rings is 1. The molecule has 1 aliphatic carbocycles. The second kappa shape index (κ2) is 7.66. The van der Waals surface area contributed by atoms with E-state index in [4.69, 9.17) is 0 Å². The average molecular weight is 383 g/mol. The van der Waals surface area contributed by atoms with Crippen molar-refractivity contribution in [2.75, 3.05) is 5.32 Å². The smallest absolute Gasteiger partial charge is 0.249 e. The topological polar surface area (TPSA) is 52.9 Å². The van der Waals surface area contributed by atoms with Gasteiger partial charge in [-0.25, -0.2) is 4.39 Å². The largest absolute Gasteiger partial charge is 0.313 e. The van der Waals surface area contributed by atoms with Crippen LogP contribution in [-0.2, 0) is 17.6 Å². The first-order chi connectivity index (χ1) is 12.8. The first-order valence-corrected chi connectivity index (χ1v) is 9.89. The van der Waals surface area contributed by atoms with Gasteiger partial charge in [0, 0.05) is 11.0 Å². The maximum atomic E-state index is 12.9. The summed E-state index contributed by atoms with van der Waals surface area (Å²) in [5, 5.41) is 13.1. The molecule has 0 fully saturated rings. The SMILES string of the molecule is CC(C)(C)C1CCc2c(sc(NC(=O)C=Cc3ccc(F)cc3)c2C#N)C1. The minimum atomic E-state index is -0.312. The fourth-order valence-corrected chi connectivity index (χ4v) is 4.71. The molecule has 0 bridgehead atoms. The van der Waals surface area contributed by atoms with Crippen molar-refractivity contribution in [2.24, 2.45) is 11.3 Å². The Bertz CT molecular complexity index is 914. The fraction of sp³-hybridized carbons (Fsp3) is 0.364. The predicted molar refractivity (Wildman–Crippen MR) is 108 cm³/mol. The third kappa shape index (κ3) is 4.45. The number of fused-ring (bicyclic) bond motifs is 1. The van der Waals surface area contributed by atoms with Gasteiger partial charge >= 0.3 is 0 Å². The van der Waals surface area contributed by atoms with E-state index in [1.54, 1.807) is 18.2 Å². The Labute approximate surface area is 163 Å². The molecule has 1 atom stereocenters. The van der Waals surface area contributed by atoms with Crippen LogP contribution in [-0.4, -0.2) is 5.91 Å². The molecule has 0 aliphatic heterocycles. The second-order valence-corrected chi connectivity index (χ2v) is 9.10. The number of carbonyl (C=O) groups excluding carboxylic acids is 1. The zero-order valence-electron chi connectivity index (χ0n) is 15.8. The first kappa shape index (κ1) is 19.3. The Kier molecular flexibility index (Phi) is 5.48. The van der Waals surface area contributed by atoms with Gasteiger partial charge in [0.1, 0.15) is 16.9 Å². The molecule has 1 heterocycles. The molecule has 1 aromatic carbocycles. The molecule has 0 saturated heterocycles. The highest BCUT2D eigenvalue weighted by Gasteiger charge is 2.32. The van der Waals surface area contributed by atoms with Crippen LogP contribution in [0.1, 0.15) is 48.8 Å². The van der Waals surface area contributed by atoms with Gasteiger partial charge in [0.05, 0.1) is 5.56 Å². The third-order valence-corrected chi connectivity index (χ3v) is 6.31. The first-order valence-electron chi connectivity index (χ1n) is 9.07. The van der Waals surface area contributed by atoms with Crippen molar-refractivity contribution in [1.29, 1.82) is 5.26 Å². The van der Waals surface area contributed by atoms with E-state index in [0.717, 1.165) is 30.4 Å². The molecule has 3 nitrogen and oxygen atoms in total. The van der Waals surface area contributed by atoms with Gasteiger partial charge in [-0.3, -0.25) is 4.79 Å². The summed E-state index contributed by atoms with van der Waals surface area (Å²) in [5.74, 6) is -0.0214. The van der Waals surface area contributed by atoms with Crippen LogP contribution >= 0.6 is 11.3 Å². The Hall–Kier alpha value is -2.45. The van der Waals surface area contributed by atoms with Crippen LogP contribution in [0, 0.1) is 28.5 Å². The predicted octanol–water partition coefficient (Wildman–Crippen LogP) is 5.56. The maximum Gasteiger partial charge on any atom is 0.249 e. The van der Waals surface area contributed by atoms with Gasteiger partial charge in [0.25, 0.3) is 0 Å². The average Bonchev–Trinajstić information content (AvgIpc) is 2.96. The molecule has 140 valence electrons. The quantitative estimate of drug-likeness (QED) is 0.706. The monoisotopic (exact) mass is 382 g/mol. The summed E-state index contributed by atoms with van der Waals surface area (Å²) in [7, 11) is 0. The van der Waals surface area contributed by atoms with Crippen LogP contribution < -0.4 is 5.32 Å². The summed E-state index contributed by atoms with van der Waals surface area (Å²) in [6.45, 7) is 6.76. The van der Waals surface area contributed by atoms with E-state index in [0.29, 0.717) is 16.5 Å².